The first kappa shape index (κ1) is 19.5. The molecule has 0 aromatic heterocycles. The van der Waals surface area contributed by atoms with Crippen LogP contribution in [0.4, 0.5) is 10.5 Å². The van der Waals surface area contributed by atoms with E-state index >= 15 is 0 Å². The summed E-state index contributed by atoms with van der Waals surface area (Å²) in [5.74, 6) is 5.82. The van der Waals surface area contributed by atoms with Gasteiger partial charge in [0.1, 0.15) is 6.61 Å². The van der Waals surface area contributed by atoms with Crippen LogP contribution in [0.5, 0.6) is 0 Å². The fourth-order valence-corrected chi connectivity index (χ4v) is 2.85. The summed E-state index contributed by atoms with van der Waals surface area (Å²) in [5.41, 5.74) is 3.48. The first-order chi connectivity index (χ1) is 13.3. The van der Waals surface area contributed by atoms with Crippen LogP contribution in [0.1, 0.15) is 42.3 Å². The summed E-state index contributed by atoms with van der Waals surface area (Å²) >= 11 is 0. The molecule has 0 bridgehead atoms. The Hall–Kier alpha value is -3.26. The summed E-state index contributed by atoms with van der Waals surface area (Å²) in [4.78, 5) is 25.4. The first-order valence-electron chi connectivity index (χ1n) is 9.26. The third kappa shape index (κ3) is 4.72. The summed E-state index contributed by atoms with van der Waals surface area (Å²) < 4.78 is 4.93. The van der Waals surface area contributed by atoms with Crippen molar-refractivity contribution < 1.29 is 14.3 Å². The van der Waals surface area contributed by atoms with E-state index in [1.54, 1.807) is 4.90 Å². The Balaban J connectivity index is 1.53. The van der Waals surface area contributed by atoms with Crippen LogP contribution in [0.2, 0.25) is 0 Å². The zero-order valence-electron chi connectivity index (χ0n) is 16.4. The molecule has 144 valence electrons. The minimum absolute atomic E-state index is 0.0606. The van der Waals surface area contributed by atoms with Gasteiger partial charge in [0.2, 0.25) is 0 Å². The highest BCUT2D eigenvalue weighted by molar-refractivity contribution is 5.94. The largest absolute Gasteiger partial charge is 0.447 e. The summed E-state index contributed by atoms with van der Waals surface area (Å²) in [5, 5.41) is 2.81. The number of amides is 2. The van der Waals surface area contributed by atoms with Crippen molar-refractivity contribution in [1.29, 1.82) is 0 Å². The van der Waals surface area contributed by atoms with E-state index in [0.29, 0.717) is 18.7 Å². The van der Waals surface area contributed by atoms with Gasteiger partial charge >= 0.3 is 6.09 Å². The molecule has 1 heterocycles. The van der Waals surface area contributed by atoms with E-state index in [9.17, 15) is 9.59 Å². The maximum absolute atomic E-state index is 12.2. The molecule has 0 radical (unpaired) electrons. The number of rotatable bonds is 3. The molecule has 0 spiro atoms. The fourth-order valence-electron chi connectivity index (χ4n) is 2.85. The highest BCUT2D eigenvalue weighted by Crippen LogP contribution is 2.22. The molecule has 2 aromatic carbocycles. The van der Waals surface area contributed by atoms with E-state index in [1.807, 2.05) is 48.5 Å². The molecule has 5 nitrogen and oxygen atoms in total. The third-order valence-corrected chi connectivity index (χ3v) is 4.52. The summed E-state index contributed by atoms with van der Waals surface area (Å²) in [6.07, 6.45) is -0.322. The second-order valence-corrected chi connectivity index (χ2v) is 7.62. The number of nitrogens with one attached hydrogen (secondary N) is 1. The highest BCUT2D eigenvalue weighted by Gasteiger charge is 2.23. The van der Waals surface area contributed by atoms with E-state index in [0.717, 1.165) is 11.3 Å². The molecule has 1 aliphatic rings. The number of carbonyl (C=O) groups excluding carboxylic acids is 2. The van der Waals surface area contributed by atoms with Gasteiger partial charge in [-0.3, -0.25) is 9.69 Å². The Kier molecular flexibility index (Phi) is 5.70. The fraction of sp³-hybridized carbons (Fsp3) is 0.304. The zero-order chi connectivity index (χ0) is 20.1. The maximum Gasteiger partial charge on any atom is 0.414 e. The average Bonchev–Trinajstić information content (AvgIpc) is 3.11. The molecule has 1 fully saturated rings. The Morgan fingerprint density at radius 2 is 1.79 bits per heavy atom. The molecular weight excluding hydrogens is 352 g/mol. The predicted octanol–water partition coefficient (Wildman–Crippen LogP) is 3.72. The van der Waals surface area contributed by atoms with Gasteiger partial charge in [-0.1, -0.05) is 44.7 Å². The lowest BCUT2D eigenvalue weighted by Crippen LogP contribution is -2.23. The summed E-state index contributed by atoms with van der Waals surface area (Å²) in [6.45, 7) is 7.66. The topological polar surface area (TPSA) is 58.6 Å². The summed E-state index contributed by atoms with van der Waals surface area (Å²) in [6, 6.07) is 15.0. The lowest BCUT2D eigenvalue weighted by atomic mass is 9.87. The van der Waals surface area contributed by atoms with Gasteiger partial charge in [0, 0.05) is 16.8 Å². The third-order valence-electron chi connectivity index (χ3n) is 4.52. The quantitative estimate of drug-likeness (QED) is 0.831. The van der Waals surface area contributed by atoms with E-state index in [-0.39, 0.29) is 24.0 Å². The van der Waals surface area contributed by atoms with Crippen molar-refractivity contribution in [3.05, 3.63) is 65.2 Å². The van der Waals surface area contributed by atoms with Crippen molar-refractivity contribution in [2.24, 2.45) is 0 Å². The number of anilines is 1. The van der Waals surface area contributed by atoms with Crippen LogP contribution in [0.25, 0.3) is 0 Å². The van der Waals surface area contributed by atoms with Crippen LogP contribution < -0.4 is 10.2 Å². The maximum atomic E-state index is 12.2. The Labute approximate surface area is 165 Å². The van der Waals surface area contributed by atoms with Crippen molar-refractivity contribution in [2.75, 3.05) is 24.6 Å². The minimum Gasteiger partial charge on any atom is -0.447 e. The normalized spacial score (nSPS) is 13.5. The van der Waals surface area contributed by atoms with Gasteiger partial charge in [-0.15, -0.1) is 0 Å². The molecule has 1 N–H and O–H groups in total. The number of cyclic esters (lactones) is 1. The Morgan fingerprint density at radius 1 is 1.11 bits per heavy atom. The average molecular weight is 376 g/mol. The zero-order valence-corrected chi connectivity index (χ0v) is 16.4. The van der Waals surface area contributed by atoms with Gasteiger partial charge in [0.25, 0.3) is 5.91 Å². The van der Waals surface area contributed by atoms with Crippen molar-refractivity contribution >= 4 is 17.7 Å². The molecule has 1 aliphatic heterocycles. The molecular formula is C23H24N2O3. The molecule has 5 heteroatoms. The predicted molar refractivity (Wildman–Crippen MR) is 109 cm³/mol. The number of nitrogens with zero attached hydrogens (tertiary/aromatic N) is 1. The lowest BCUT2D eigenvalue weighted by molar-refractivity contribution is 0.0958. The van der Waals surface area contributed by atoms with Crippen LogP contribution in [-0.2, 0) is 10.2 Å². The monoisotopic (exact) mass is 376 g/mol. The van der Waals surface area contributed by atoms with E-state index in [1.165, 1.54) is 5.56 Å². The molecule has 0 saturated carbocycles. The Morgan fingerprint density at radius 3 is 2.36 bits per heavy atom. The van der Waals surface area contributed by atoms with Crippen molar-refractivity contribution in [1.82, 2.24) is 5.32 Å². The number of benzene rings is 2. The molecule has 0 atom stereocenters. The number of carbonyl (C=O) groups is 2. The van der Waals surface area contributed by atoms with Gasteiger partial charge in [-0.05, 0) is 47.4 Å². The SMILES string of the molecule is CC(C)(C)c1ccc(C(=O)NCC#Cc2ccc(N3CCOC3=O)cc2)cc1. The Bertz CT molecular complexity index is 914. The molecule has 0 aliphatic carbocycles. The number of ether oxygens (including phenoxy) is 1. The molecule has 28 heavy (non-hydrogen) atoms. The number of hydrogen-bond acceptors (Lipinski definition) is 3. The summed E-state index contributed by atoms with van der Waals surface area (Å²) in [7, 11) is 0. The van der Waals surface area contributed by atoms with E-state index in [4.69, 9.17) is 4.74 Å². The smallest absolute Gasteiger partial charge is 0.414 e. The standard InChI is InChI=1S/C23H24N2O3/c1-23(2,3)19-10-8-18(9-11-19)21(26)24-14-4-5-17-6-12-20(13-7-17)25-15-16-28-22(25)27/h6-13H,14-16H2,1-3H3,(H,24,26). The van der Waals surface area contributed by atoms with Gasteiger partial charge < -0.3 is 10.1 Å². The van der Waals surface area contributed by atoms with Gasteiger partial charge in [0.05, 0.1) is 13.1 Å². The molecule has 2 aromatic rings. The molecule has 3 rings (SSSR count). The number of hydrogen-bond donors (Lipinski definition) is 1. The van der Waals surface area contributed by atoms with E-state index in [2.05, 4.69) is 37.9 Å². The molecule has 0 unspecified atom stereocenters. The van der Waals surface area contributed by atoms with Crippen molar-refractivity contribution in [3.63, 3.8) is 0 Å². The van der Waals surface area contributed by atoms with Crippen LogP contribution in [0, 0.1) is 11.8 Å². The second kappa shape index (κ2) is 8.18. The van der Waals surface area contributed by atoms with Gasteiger partial charge in [-0.25, -0.2) is 4.79 Å². The highest BCUT2D eigenvalue weighted by atomic mass is 16.6. The van der Waals surface area contributed by atoms with Crippen molar-refractivity contribution in [3.8, 4) is 11.8 Å². The minimum atomic E-state index is -0.322. The van der Waals surface area contributed by atoms with Crippen LogP contribution in [-0.4, -0.2) is 31.7 Å². The van der Waals surface area contributed by atoms with Gasteiger partial charge in [0.15, 0.2) is 0 Å². The molecule has 1 saturated heterocycles. The second-order valence-electron chi connectivity index (χ2n) is 7.62. The van der Waals surface area contributed by atoms with Crippen LogP contribution in [0.15, 0.2) is 48.5 Å². The van der Waals surface area contributed by atoms with Crippen molar-refractivity contribution in [2.45, 2.75) is 26.2 Å². The van der Waals surface area contributed by atoms with Crippen LogP contribution in [0.3, 0.4) is 0 Å². The first-order valence-corrected chi connectivity index (χ1v) is 9.26. The lowest BCUT2D eigenvalue weighted by Gasteiger charge is -2.18. The molecule has 2 amide bonds. The van der Waals surface area contributed by atoms with Gasteiger partial charge in [-0.2, -0.15) is 0 Å². The van der Waals surface area contributed by atoms with Crippen LogP contribution >= 0.6 is 0 Å². The van der Waals surface area contributed by atoms with E-state index < -0.39 is 0 Å².